The average Bonchev–Trinajstić information content (AvgIpc) is 3.56. The van der Waals surface area contributed by atoms with Crippen molar-refractivity contribution in [2.75, 3.05) is 22.5 Å². The van der Waals surface area contributed by atoms with Gasteiger partial charge >= 0.3 is 0 Å². The van der Waals surface area contributed by atoms with Crippen molar-refractivity contribution in [3.8, 4) is 5.75 Å². The minimum Gasteiger partial charge on any atom is -0.491 e. The molecule has 0 spiro atoms. The summed E-state index contributed by atoms with van der Waals surface area (Å²) in [7, 11) is 0. The molecular formula is C23H29N3O3. The van der Waals surface area contributed by atoms with Crippen LogP contribution < -0.4 is 20.7 Å². The van der Waals surface area contributed by atoms with Crippen LogP contribution in [0, 0.1) is 12.8 Å². The Morgan fingerprint density at radius 1 is 1.07 bits per heavy atom. The Kier molecular flexibility index (Phi) is 6.75. The van der Waals surface area contributed by atoms with Crippen LogP contribution in [0.1, 0.15) is 38.7 Å². The van der Waals surface area contributed by atoms with Gasteiger partial charge in [-0.2, -0.15) is 0 Å². The zero-order chi connectivity index (χ0) is 20.8. The molecule has 6 heteroatoms. The zero-order valence-corrected chi connectivity index (χ0v) is 17.2. The molecule has 1 aliphatic carbocycles. The van der Waals surface area contributed by atoms with Crippen molar-refractivity contribution in [2.45, 2.75) is 46.1 Å². The zero-order valence-electron chi connectivity index (χ0n) is 17.2. The topological polar surface area (TPSA) is 79.5 Å². The van der Waals surface area contributed by atoms with Crippen molar-refractivity contribution in [1.29, 1.82) is 0 Å². The molecule has 154 valence electrons. The molecule has 0 radical (unpaired) electrons. The summed E-state index contributed by atoms with van der Waals surface area (Å²) in [4.78, 5) is 24.4. The Morgan fingerprint density at radius 2 is 1.72 bits per heavy atom. The molecule has 2 aromatic rings. The Hall–Kier alpha value is -3.02. The first-order valence-corrected chi connectivity index (χ1v) is 10.2. The molecule has 0 heterocycles. The van der Waals surface area contributed by atoms with Gasteiger partial charge in [-0.3, -0.25) is 9.59 Å². The Labute approximate surface area is 172 Å². The van der Waals surface area contributed by atoms with Gasteiger partial charge in [-0.25, -0.2) is 0 Å². The van der Waals surface area contributed by atoms with Crippen LogP contribution in [-0.4, -0.2) is 24.5 Å². The van der Waals surface area contributed by atoms with E-state index < -0.39 is 0 Å². The maximum atomic E-state index is 12.4. The molecule has 3 rings (SSSR count). The van der Waals surface area contributed by atoms with Crippen molar-refractivity contribution in [1.82, 2.24) is 0 Å². The monoisotopic (exact) mass is 395 g/mol. The number of carbonyl (C=O) groups is 2. The fraction of sp³-hybridized carbons (Fsp3) is 0.391. The second kappa shape index (κ2) is 9.45. The molecule has 0 bridgehead atoms. The van der Waals surface area contributed by atoms with Gasteiger partial charge in [0.1, 0.15) is 5.75 Å². The smallest absolute Gasteiger partial charge is 0.243 e. The summed E-state index contributed by atoms with van der Waals surface area (Å²) in [6.45, 7) is 6.15. The van der Waals surface area contributed by atoms with E-state index in [9.17, 15) is 9.59 Å². The standard InChI is InChI=1S/C23H29N3O3/c1-4-15(2)29-19-12-10-18(11-13-19)24-14-22(27)25-20-6-5-7-21(16(20)3)26-23(28)17-8-9-17/h5-7,10-13,15,17,24H,4,8-9,14H2,1-3H3,(H,25,27)(H,26,28). The van der Waals surface area contributed by atoms with E-state index in [-0.39, 0.29) is 30.4 Å². The van der Waals surface area contributed by atoms with Crippen molar-refractivity contribution in [3.05, 3.63) is 48.0 Å². The molecule has 2 aromatic carbocycles. The minimum absolute atomic E-state index is 0.0546. The minimum atomic E-state index is -0.154. The number of carbonyl (C=O) groups excluding carboxylic acids is 2. The van der Waals surface area contributed by atoms with Gasteiger partial charge in [0.15, 0.2) is 0 Å². The number of rotatable bonds is 9. The highest BCUT2D eigenvalue weighted by atomic mass is 16.5. The normalized spacial score (nSPS) is 14.0. The van der Waals surface area contributed by atoms with E-state index in [1.807, 2.05) is 56.3 Å². The number of ether oxygens (including phenoxy) is 1. The van der Waals surface area contributed by atoms with Gasteiger partial charge in [-0.05, 0) is 75.1 Å². The van der Waals surface area contributed by atoms with Gasteiger partial charge in [0.05, 0.1) is 12.6 Å². The van der Waals surface area contributed by atoms with E-state index in [1.165, 1.54) is 0 Å². The van der Waals surface area contributed by atoms with Gasteiger partial charge in [-0.1, -0.05) is 13.0 Å². The average molecular weight is 396 g/mol. The molecule has 2 amide bonds. The number of hydrogen-bond donors (Lipinski definition) is 3. The third kappa shape index (κ3) is 5.98. The van der Waals surface area contributed by atoms with E-state index in [1.54, 1.807) is 0 Å². The highest BCUT2D eigenvalue weighted by Gasteiger charge is 2.29. The second-order valence-corrected chi connectivity index (χ2v) is 7.50. The Morgan fingerprint density at radius 3 is 2.34 bits per heavy atom. The lowest BCUT2D eigenvalue weighted by molar-refractivity contribution is -0.117. The maximum absolute atomic E-state index is 12.4. The first-order valence-electron chi connectivity index (χ1n) is 10.2. The summed E-state index contributed by atoms with van der Waals surface area (Å²) < 4.78 is 5.76. The lowest BCUT2D eigenvalue weighted by atomic mass is 10.1. The van der Waals surface area contributed by atoms with Crippen LogP contribution in [0.25, 0.3) is 0 Å². The lowest BCUT2D eigenvalue weighted by Crippen LogP contribution is -2.22. The van der Waals surface area contributed by atoms with Crippen molar-refractivity contribution in [3.63, 3.8) is 0 Å². The first kappa shape index (κ1) is 20.7. The fourth-order valence-corrected chi connectivity index (χ4v) is 2.83. The Bertz CT molecular complexity index is 860. The molecular weight excluding hydrogens is 366 g/mol. The quantitative estimate of drug-likeness (QED) is 0.581. The summed E-state index contributed by atoms with van der Waals surface area (Å²) >= 11 is 0. The van der Waals surface area contributed by atoms with Crippen LogP contribution in [0.4, 0.5) is 17.1 Å². The molecule has 29 heavy (non-hydrogen) atoms. The molecule has 1 fully saturated rings. The fourth-order valence-electron chi connectivity index (χ4n) is 2.83. The number of anilines is 3. The second-order valence-electron chi connectivity index (χ2n) is 7.50. The highest BCUT2D eigenvalue weighted by molar-refractivity contribution is 5.98. The van der Waals surface area contributed by atoms with Crippen LogP contribution in [0.2, 0.25) is 0 Å². The van der Waals surface area contributed by atoms with Crippen LogP contribution in [0.3, 0.4) is 0 Å². The summed E-state index contributed by atoms with van der Waals surface area (Å²) in [5.74, 6) is 0.853. The third-order valence-corrected chi connectivity index (χ3v) is 5.03. The molecule has 1 aliphatic rings. The van der Waals surface area contributed by atoms with E-state index >= 15 is 0 Å². The first-order chi connectivity index (χ1) is 14.0. The lowest BCUT2D eigenvalue weighted by Gasteiger charge is -2.14. The summed E-state index contributed by atoms with van der Waals surface area (Å²) in [6, 6.07) is 13.1. The summed E-state index contributed by atoms with van der Waals surface area (Å²) in [6.07, 6.45) is 3.04. The van der Waals surface area contributed by atoms with Crippen molar-refractivity contribution < 1.29 is 14.3 Å². The Balaban J connectivity index is 1.52. The molecule has 0 saturated heterocycles. The van der Waals surface area contributed by atoms with Crippen molar-refractivity contribution in [2.24, 2.45) is 5.92 Å². The SMILES string of the molecule is CCC(C)Oc1ccc(NCC(=O)Nc2cccc(NC(=O)C3CC3)c2C)cc1. The molecule has 6 nitrogen and oxygen atoms in total. The maximum Gasteiger partial charge on any atom is 0.243 e. The summed E-state index contributed by atoms with van der Waals surface area (Å²) in [5.41, 5.74) is 3.13. The molecule has 1 unspecified atom stereocenters. The summed E-state index contributed by atoms with van der Waals surface area (Å²) in [5, 5.41) is 8.97. The number of benzene rings is 2. The predicted molar refractivity (Wildman–Crippen MR) is 116 cm³/mol. The molecule has 1 atom stereocenters. The largest absolute Gasteiger partial charge is 0.491 e. The number of hydrogen-bond acceptors (Lipinski definition) is 4. The van der Waals surface area contributed by atoms with Gasteiger partial charge in [0, 0.05) is 23.0 Å². The molecule has 3 N–H and O–H groups in total. The van der Waals surface area contributed by atoms with E-state index in [2.05, 4.69) is 22.9 Å². The van der Waals surface area contributed by atoms with E-state index in [0.717, 1.165) is 42.0 Å². The molecule has 1 saturated carbocycles. The van der Waals surface area contributed by atoms with Crippen molar-refractivity contribution >= 4 is 28.9 Å². The highest BCUT2D eigenvalue weighted by Crippen LogP contribution is 2.31. The molecule has 0 aliphatic heterocycles. The van der Waals surface area contributed by atoms with Crippen LogP contribution in [0.5, 0.6) is 5.75 Å². The number of nitrogens with one attached hydrogen (secondary N) is 3. The van der Waals surface area contributed by atoms with Crippen LogP contribution >= 0.6 is 0 Å². The number of amides is 2. The molecule has 0 aromatic heterocycles. The predicted octanol–water partition coefficient (Wildman–Crippen LogP) is 4.57. The van der Waals surface area contributed by atoms with Gasteiger partial charge in [0.25, 0.3) is 0 Å². The van der Waals surface area contributed by atoms with Gasteiger partial charge < -0.3 is 20.7 Å². The van der Waals surface area contributed by atoms with E-state index in [0.29, 0.717) is 5.69 Å². The van der Waals surface area contributed by atoms with E-state index in [4.69, 9.17) is 4.74 Å². The van der Waals surface area contributed by atoms with Gasteiger partial charge in [0.2, 0.25) is 11.8 Å². The van der Waals surface area contributed by atoms with Gasteiger partial charge in [-0.15, -0.1) is 0 Å². The van der Waals surface area contributed by atoms with Crippen LogP contribution in [0.15, 0.2) is 42.5 Å². The third-order valence-electron chi connectivity index (χ3n) is 5.03. The van der Waals surface area contributed by atoms with Crippen LogP contribution in [-0.2, 0) is 9.59 Å².